The molecular formula is C11H23N3O2S. The van der Waals surface area contributed by atoms with Gasteiger partial charge in [-0.1, -0.05) is 0 Å². The fourth-order valence-corrected chi connectivity index (χ4v) is 3.44. The topological polar surface area (TPSA) is 67.6 Å². The van der Waals surface area contributed by atoms with Gasteiger partial charge in [-0.05, 0) is 26.3 Å². The van der Waals surface area contributed by atoms with E-state index in [1.807, 2.05) is 11.8 Å². The molecule has 0 aromatic rings. The van der Waals surface area contributed by atoms with E-state index in [1.54, 1.807) is 7.11 Å². The average Bonchev–Trinajstić information content (AvgIpc) is 2.76. The molecule has 0 bridgehead atoms. The third-order valence-electron chi connectivity index (χ3n) is 3.31. The van der Waals surface area contributed by atoms with E-state index in [4.69, 9.17) is 10.5 Å². The van der Waals surface area contributed by atoms with Gasteiger partial charge in [-0.2, -0.15) is 11.8 Å². The maximum Gasteiger partial charge on any atom is 0.239 e. The first-order chi connectivity index (χ1) is 8.02. The monoisotopic (exact) mass is 261 g/mol. The summed E-state index contributed by atoms with van der Waals surface area (Å²) >= 11 is 1.93. The molecule has 6 heteroatoms. The Morgan fingerprint density at radius 3 is 2.82 bits per heavy atom. The molecule has 0 radical (unpaired) electrons. The Hall–Kier alpha value is -0.300. The van der Waals surface area contributed by atoms with Crippen molar-refractivity contribution in [3.8, 4) is 0 Å². The van der Waals surface area contributed by atoms with Crippen LogP contribution in [-0.2, 0) is 9.53 Å². The molecule has 3 N–H and O–H groups in total. The average molecular weight is 261 g/mol. The maximum absolute atomic E-state index is 11.7. The summed E-state index contributed by atoms with van der Waals surface area (Å²) in [6.45, 7) is 0.915. The number of nitrogens with zero attached hydrogens (tertiary/aromatic N) is 1. The van der Waals surface area contributed by atoms with Gasteiger partial charge in [0.15, 0.2) is 0 Å². The molecule has 0 aromatic carbocycles. The molecule has 2 atom stereocenters. The first-order valence-electron chi connectivity index (χ1n) is 5.79. The Morgan fingerprint density at radius 2 is 2.35 bits per heavy atom. The van der Waals surface area contributed by atoms with E-state index in [0.717, 1.165) is 17.9 Å². The van der Waals surface area contributed by atoms with Crippen LogP contribution in [0, 0.1) is 0 Å². The number of carbonyl (C=O) groups is 1. The third kappa shape index (κ3) is 3.84. The standard InChI is InChI=1S/C11H23N3O2S/c1-14(2)11(4-5-17-8-11)7-13-10(15)9(12)6-16-3/h9H,4-8,12H2,1-3H3,(H,13,15). The van der Waals surface area contributed by atoms with Crippen LogP contribution in [0.3, 0.4) is 0 Å². The molecule has 0 aromatic heterocycles. The predicted octanol–water partition coefficient (Wildman–Crippen LogP) is -0.486. The second-order valence-electron chi connectivity index (χ2n) is 4.70. The van der Waals surface area contributed by atoms with Gasteiger partial charge in [-0.3, -0.25) is 4.79 Å². The van der Waals surface area contributed by atoms with Crippen LogP contribution >= 0.6 is 11.8 Å². The van der Waals surface area contributed by atoms with Crippen LogP contribution in [0.2, 0.25) is 0 Å². The van der Waals surface area contributed by atoms with Crippen molar-refractivity contribution in [1.29, 1.82) is 0 Å². The second-order valence-corrected chi connectivity index (χ2v) is 5.81. The zero-order valence-corrected chi connectivity index (χ0v) is 11.7. The molecule has 0 spiro atoms. The van der Waals surface area contributed by atoms with E-state index in [9.17, 15) is 4.79 Å². The summed E-state index contributed by atoms with van der Waals surface area (Å²) in [5, 5.41) is 2.93. The summed E-state index contributed by atoms with van der Waals surface area (Å²) in [7, 11) is 5.67. The van der Waals surface area contributed by atoms with E-state index in [0.29, 0.717) is 6.54 Å². The summed E-state index contributed by atoms with van der Waals surface area (Å²) < 4.78 is 4.87. The number of thioether (sulfide) groups is 1. The number of hydrogen-bond donors (Lipinski definition) is 2. The Kier molecular flexibility index (Phi) is 5.72. The van der Waals surface area contributed by atoms with E-state index in [1.165, 1.54) is 0 Å². The van der Waals surface area contributed by atoms with Crippen LogP contribution in [0.15, 0.2) is 0 Å². The van der Waals surface area contributed by atoms with Gasteiger partial charge < -0.3 is 20.7 Å². The van der Waals surface area contributed by atoms with Crippen LogP contribution in [0.25, 0.3) is 0 Å². The van der Waals surface area contributed by atoms with Gasteiger partial charge in [0.2, 0.25) is 5.91 Å². The molecule has 1 saturated heterocycles. The van der Waals surface area contributed by atoms with E-state index in [-0.39, 0.29) is 18.1 Å². The quantitative estimate of drug-likeness (QED) is 0.675. The number of methoxy groups -OCH3 is 1. The van der Waals surface area contributed by atoms with Crippen LogP contribution in [-0.4, -0.2) is 68.3 Å². The number of rotatable bonds is 6. The molecule has 17 heavy (non-hydrogen) atoms. The molecule has 1 heterocycles. The molecule has 1 rings (SSSR count). The number of ether oxygens (including phenoxy) is 1. The maximum atomic E-state index is 11.7. The Balaban J connectivity index is 2.45. The minimum absolute atomic E-state index is 0.0765. The first kappa shape index (κ1) is 14.8. The van der Waals surface area contributed by atoms with Gasteiger partial charge >= 0.3 is 0 Å². The zero-order chi connectivity index (χ0) is 12.9. The Bertz CT molecular complexity index is 255. The number of carbonyl (C=O) groups excluding carboxylic acids is 1. The van der Waals surface area contributed by atoms with Gasteiger partial charge in [0.25, 0.3) is 0 Å². The number of likely N-dealkylation sites (N-methyl/N-ethyl adjacent to an activating group) is 1. The van der Waals surface area contributed by atoms with Crippen molar-refractivity contribution in [2.45, 2.75) is 18.0 Å². The van der Waals surface area contributed by atoms with E-state index >= 15 is 0 Å². The van der Waals surface area contributed by atoms with Gasteiger partial charge in [0.05, 0.1) is 6.61 Å². The van der Waals surface area contributed by atoms with E-state index < -0.39 is 6.04 Å². The normalized spacial score (nSPS) is 26.2. The smallest absolute Gasteiger partial charge is 0.239 e. The lowest BCUT2D eigenvalue weighted by Crippen LogP contribution is -2.55. The van der Waals surface area contributed by atoms with Crippen LogP contribution in [0.5, 0.6) is 0 Å². The summed E-state index contributed by atoms with van der Waals surface area (Å²) in [4.78, 5) is 13.9. The number of nitrogens with one attached hydrogen (secondary N) is 1. The van der Waals surface area contributed by atoms with Crippen molar-refractivity contribution in [1.82, 2.24) is 10.2 Å². The highest BCUT2D eigenvalue weighted by Gasteiger charge is 2.37. The minimum atomic E-state index is -0.576. The lowest BCUT2D eigenvalue weighted by atomic mass is 9.97. The molecule has 1 amide bonds. The van der Waals surface area contributed by atoms with Crippen molar-refractivity contribution in [3.63, 3.8) is 0 Å². The first-order valence-corrected chi connectivity index (χ1v) is 6.95. The van der Waals surface area contributed by atoms with Gasteiger partial charge in [-0.25, -0.2) is 0 Å². The van der Waals surface area contributed by atoms with Gasteiger partial charge in [0.1, 0.15) is 6.04 Å². The molecule has 1 aliphatic heterocycles. The van der Waals surface area contributed by atoms with Crippen molar-refractivity contribution in [3.05, 3.63) is 0 Å². The zero-order valence-electron chi connectivity index (χ0n) is 10.9. The molecular weight excluding hydrogens is 238 g/mol. The summed E-state index contributed by atoms with van der Waals surface area (Å²) in [6.07, 6.45) is 1.10. The Morgan fingerprint density at radius 1 is 1.65 bits per heavy atom. The molecule has 1 aliphatic rings. The largest absolute Gasteiger partial charge is 0.383 e. The molecule has 1 fully saturated rings. The van der Waals surface area contributed by atoms with Crippen LogP contribution in [0.4, 0.5) is 0 Å². The third-order valence-corrected chi connectivity index (χ3v) is 4.54. The van der Waals surface area contributed by atoms with Crippen LogP contribution < -0.4 is 11.1 Å². The molecule has 0 saturated carbocycles. The lowest BCUT2D eigenvalue weighted by molar-refractivity contribution is -0.123. The SMILES string of the molecule is COCC(N)C(=O)NCC1(N(C)C)CCSC1. The van der Waals surface area contributed by atoms with Gasteiger partial charge in [0, 0.05) is 24.9 Å². The predicted molar refractivity (Wildman–Crippen MR) is 71.2 cm³/mol. The number of amides is 1. The van der Waals surface area contributed by atoms with Gasteiger partial charge in [-0.15, -0.1) is 0 Å². The van der Waals surface area contributed by atoms with E-state index in [2.05, 4.69) is 24.3 Å². The second kappa shape index (κ2) is 6.58. The highest BCUT2D eigenvalue weighted by Crippen LogP contribution is 2.31. The van der Waals surface area contributed by atoms with Crippen LogP contribution in [0.1, 0.15) is 6.42 Å². The van der Waals surface area contributed by atoms with Crippen molar-refractivity contribution in [2.75, 3.05) is 45.9 Å². The number of hydrogen-bond acceptors (Lipinski definition) is 5. The van der Waals surface area contributed by atoms with Crippen molar-refractivity contribution < 1.29 is 9.53 Å². The summed E-state index contributed by atoms with van der Waals surface area (Å²) in [6, 6.07) is -0.576. The highest BCUT2D eigenvalue weighted by atomic mass is 32.2. The molecule has 2 unspecified atom stereocenters. The Labute approximate surface area is 107 Å². The summed E-state index contributed by atoms with van der Waals surface area (Å²) in [5.74, 6) is 2.07. The molecule has 5 nitrogen and oxygen atoms in total. The van der Waals surface area contributed by atoms with Crippen molar-refractivity contribution >= 4 is 17.7 Å². The fraction of sp³-hybridized carbons (Fsp3) is 0.909. The summed E-state index contributed by atoms with van der Waals surface area (Å²) in [5.41, 5.74) is 5.75. The van der Waals surface area contributed by atoms with Crippen molar-refractivity contribution in [2.24, 2.45) is 5.73 Å². The number of nitrogens with two attached hydrogens (primary N) is 1. The molecule has 100 valence electrons. The lowest BCUT2D eigenvalue weighted by Gasteiger charge is -2.36. The minimum Gasteiger partial charge on any atom is -0.383 e. The fourth-order valence-electron chi connectivity index (χ4n) is 1.88. The highest BCUT2D eigenvalue weighted by molar-refractivity contribution is 7.99. The molecule has 0 aliphatic carbocycles.